The number of hydrogen-bond donors (Lipinski definition) is 2. The fraction of sp³-hybridized carbons (Fsp3) is 0.385. The number of fused-ring (bicyclic) bond motifs is 1. The van der Waals surface area contributed by atoms with Gasteiger partial charge < -0.3 is 15.2 Å². The van der Waals surface area contributed by atoms with Crippen molar-refractivity contribution in [3.63, 3.8) is 0 Å². The summed E-state index contributed by atoms with van der Waals surface area (Å²) < 4.78 is 7.34. The van der Waals surface area contributed by atoms with Crippen molar-refractivity contribution < 1.29 is 14.1 Å². The molecule has 36 heavy (non-hydrogen) atoms. The van der Waals surface area contributed by atoms with Crippen molar-refractivity contribution in [2.45, 2.75) is 63.8 Å². The minimum absolute atomic E-state index is 0.108. The third kappa shape index (κ3) is 5.12. The number of aryl methyl sites for hydroxylation is 1. The fourth-order valence-corrected chi connectivity index (χ4v) is 4.81. The highest BCUT2D eigenvalue weighted by atomic mass is 16.5. The Kier molecular flexibility index (Phi) is 6.75. The molecule has 1 saturated carbocycles. The van der Waals surface area contributed by atoms with Crippen molar-refractivity contribution in [1.29, 1.82) is 0 Å². The highest BCUT2D eigenvalue weighted by Gasteiger charge is 2.38. The molecule has 0 aliphatic heterocycles. The summed E-state index contributed by atoms with van der Waals surface area (Å²) in [5.41, 5.74) is 1.86. The lowest BCUT2D eigenvalue weighted by molar-refractivity contribution is -0.121. The van der Waals surface area contributed by atoms with Crippen molar-refractivity contribution in [2.75, 3.05) is 5.32 Å². The standard InChI is InChI=1S/C26H29N7O3/c1-18(34)31-26(14-6-2-3-7-15-26)25-30-24(36-32-25)13-12-23(35)29-19-10-11-22(27-16-19)33-17-28-20-8-4-5-9-21(20)33/h4-5,8-11,16-17H,2-3,6-7,12-15H2,1H3,(H,29,35)(H,31,34). The van der Waals surface area contributed by atoms with Gasteiger partial charge in [-0.05, 0) is 37.1 Å². The van der Waals surface area contributed by atoms with E-state index in [9.17, 15) is 9.59 Å². The number of rotatable bonds is 7. The van der Waals surface area contributed by atoms with Gasteiger partial charge in [0.25, 0.3) is 0 Å². The summed E-state index contributed by atoms with van der Waals surface area (Å²) in [6.07, 6.45) is 9.65. The minimum atomic E-state index is -0.597. The Morgan fingerprint density at radius 2 is 1.86 bits per heavy atom. The van der Waals surface area contributed by atoms with Crippen LogP contribution in [0.15, 0.2) is 53.4 Å². The molecule has 186 valence electrons. The maximum atomic E-state index is 12.5. The third-order valence-electron chi connectivity index (χ3n) is 6.57. The molecule has 3 aromatic heterocycles. The molecule has 0 radical (unpaired) electrons. The lowest BCUT2D eigenvalue weighted by Gasteiger charge is -2.30. The first-order chi connectivity index (χ1) is 17.5. The molecule has 4 aromatic rings. The zero-order valence-corrected chi connectivity index (χ0v) is 20.2. The maximum absolute atomic E-state index is 12.5. The van der Waals surface area contributed by atoms with E-state index in [2.05, 4.69) is 30.7 Å². The van der Waals surface area contributed by atoms with E-state index < -0.39 is 5.54 Å². The second-order valence-corrected chi connectivity index (χ2v) is 9.25. The largest absolute Gasteiger partial charge is 0.343 e. The first-order valence-electron chi connectivity index (χ1n) is 12.3. The highest BCUT2D eigenvalue weighted by molar-refractivity contribution is 5.90. The third-order valence-corrected chi connectivity index (χ3v) is 6.57. The lowest BCUT2D eigenvalue weighted by atomic mass is 9.89. The van der Waals surface area contributed by atoms with Crippen LogP contribution in [0.2, 0.25) is 0 Å². The SMILES string of the molecule is CC(=O)NC1(c2noc(CCC(=O)Nc3ccc(-n4cnc5ccccc54)nc3)n2)CCCCCC1. The molecular formula is C26H29N7O3. The van der Waals surface area contributed by atoms with Crippen LogP contribution in [-0.2, 0) is 21.5 Å². The zero-order valence-electron chi connectivity index (χ0n) is 20.2. The highest BCUT2D eigenvalue weighted by Crippen LogP contribution is 2.34. The van der Waals surface area contributed by atoms with E-state index in [-0.39, 0.29) is 18.2 Å². The van der Waals surface area contributed by atoms with Crippen LogP contribution in [0.25, 0.3) is 16.9 Å². The number of benzene rings is 1. The number of nitrogens with zero attached hydrogens (tertiary/aromatic N) is 5. The number of imidazole rings is 1. The van der Waals surface area contributed by atoms with Gasteiger partial charge in [0.15, 0.2) is 5.82 Å². The number of carbonyl (C=O) groups is 2. The van der Waals surface area contributed by atoms with Gasteiger partial charge in [-0.2, -0.15) is 4.98 Å². The van der Waals surface area contributed by atoms with E-state index >= 15 is 0 Å². The molecule has 0 bridgehead atoms. The van der Waals surface area contributed by atoms with Gasteiger partial charge in [-0.1, -0.05) is 43.0 Å². The molecule has 1 aliphatic carbocycles. The first-order valence-corrected chi connectivity index (χ1v) is 12.3. The minimum Gasteiger partial charge on any atom is -0.343 e. The first kappa shape index (κ1) is 23.7. The van der Waals surface area contributed by atoms with Crippen LogP contribution in [0.1, 0.15) is 63.6 Å². The molecule has 5 rings (SSSR count). The number of para-hydroxylation sites is 2. The van der Waals surface area contributed by atoms with E-state index in [4.69, 9.17) is 4.52 Å². The summed E-state index contributed by atoms with van der Waals surface area (Å²) in [5.74, 6) is 1.31. The van der Waals surface area contributed by atoms with E-state index in [1.165, 1.54) is 6.92 Å². The zero-order chi connectivity index (χ0) is 25.0. The van der Waals surface area contributed by atoms with Gasteiger partial charge in [-0.25, -0.2) is 9.97 Å². The summed E-state index contributed by atoms with van der Waals surface area (Å²) in [7, 11) is 0. The molecule has 0 spiro atoms. The van der Waals surface area contributed by atoms with E-state index in [0.717, 1.165) is 49.6 Å². The molecule has 2 N–H and O–H groups in total. The second-order valence-electron chi connectivity index (χ2n) is 9.25. The smallest absolute Gasteiger partial charge is 0.227 e. The summed E-state index contributed by atoms with van der Waals surface area (Å²) in [6.45, 7) is 1.51. The Bertz CT molecular complexity index is 1350. The molecular weight excluding hydrogens is 458 g/mol. The fourth-order valence-electron chi connectivity index (χ4n) is 4.81. The topological polar surface area (TPSA) is 128 Å². The van der Waals surface area contributed by atoms with E-state index in [1.807, 2.05) is 41.0 Å². The Morgan fingerprint density at radius 1 is 1.06 bits per heavy atom. The van der Waals surface area contributed by atoms with E-state index in [1.54, 1.807) is 12.5 Å². The van der Waals surface area contributed by atoms with Crippen LogP contribution in [0, 0.1) is 0 Å². The monoisotopic (exact) mass is 487 g/mol. The molecule has 1 fully saturated rings. The van der Waals surface area contributed by atoms with Crippen LogP contribution >= 0.6 is 0 Å². The quantitative estimate of drug-likeness (QED) is 0.376. The van der Waals surface area contributed by atoms with Crippen LogP contribution in [-0.4, -0.2) is 36.5 Å². The molecule has 0 saturated heterocycles. The molecule has 1 aliphatic rings. The molecule has 2 amide bonds. The number of amides is 2. The lowest BCUT2D eigenvalue weighted by Crippen LogP contribution is -2.45. The number of aromatic nitrogens is 5. The van der Waals surface area contributed by atoms with Crippen molar-refractivity contribution in [1.82, 2.24) is 30.0 Å². The average Bonchev–Trinajstić information content (AvgIpc) is 3.46. The molecule has 10 nitrogen and oxygen atoms in total. The van der Waals surface area contributed by atoms with Crippen molar-refractivity contribution in [2.24, 2.45) is 0 Å². The Labute approximate surface area is 208 Å². The predicted octanol–water partition coefficient (Wildman–Crippen LogP) is 4.06. The number of pyridine rings is 1. The summed E-state index contributed by atoms with van der Waals surface area (Å²) in [4.78, 5) is 37.8. The predicted molar refractivity (Wildman–Crippen MR) is 133 cm³/mol. The van der Waals surface area contributed by atoms with Crippen molar-refractivity contribution in [3.05, 3.63) is 60.6 Å². The molecule has 3 heterocycles. The maximum Gasteiger partial charge on any atom is 0.227 e. The number of anilines is 1. The number of hydrogen-bond acceptors (Lipinski definition) is 7. The Hall–Kier alpha value is -4.08. The van der Waals surface area contributed by atoms with Crippen LogP contribution in [0.3, 0.4) is 0 Å². The summed E-state index contributed by atoms with van der Waals surface area (Å²) in [6, 6.07) is 11.5. The van der Waals surface area contributed by atoms with Gasteiger partial charge in [0.1, 0.15) is 17.7 Å². The van der Waals surface area contributed by atoms with Crippen LogP contribution in [0.5, 0.6) is 0 Å². The molecule has 0 atom stereocenters. The molecule has 10 heteroatoms. The van der Waals surface area contributed by atoms with Gasteiger partial charge in [-0.15, -0.1) is 0 Å². The van der Waals surface area contributed by atoms with Gasteiger partial charge in [0.2, 0.25) is 17.7 Å². The van der Waals surface area contributed by atoms with Crippen molar-refractivity contribution in [3.8, 4) is 5.82 Å². The number of carbonyl (C=O) groups excluding carboxylic acids is 2. The molecule has 0 unspecified atom stereocenters. The summed E-state index contributed by atoms with van der Waals surface area (Å²) in [5, 5.41) is 10.1. The summed E-state index contributed by atoms with van der Waals surface area (Å²) >= 11 is 0. The normalized spacial score (nSPS) is 15.4. The number of nitrogens with one attached hydrogen (secondary N) is 2. The van der Waals surface area contributed by atoms with Crippen LogP contribution in [0.4, 0.5) is 5.69 Å². The van der Waals surface area contributed by atoms with Gasteiger partial charge in [-0.3, -0.25) is 14.2 Å². The van der Waals surface area contributed by atoms with Crippen molar-refractivity contribution >= 4 is 28.5 Å². The van der Waals surface area contributed by atoms with E-state index in [0.29, 0.717) is 29.6 Å². The van der Waals surface area contributed by atoms with Crippen LogP contribution < -0.4 is 10.6 Å². The van der Waals surface area contributed by atoms with Gasteiger partial charge >= 0.3 is 0 Å². The van der Waals surface area contributed by atoms with Gasteiger partial charge in [0, 0.05) is 19.8 Å². The Morgan fingerprint density at radius 3 is 2.61 bits per heavy atom. The second kappa shape index (κ2) is 10.3. The average molecular weight is 488 g/mol. The van der Waals surface area contributed by atoms with Gasteiger partial charge in [0.05, 0.1) is 22.9 Å². The Balaban J connectivity index is 1.20. The molecule has 1 aromatic carbocycles.